The van der Waals surface area contributed by atoms with Gasteiger partial charge >= 0.3 is 0 Å². The van der Waals surface area contributed by atoms with Crippen LogP contribution in [0.2, 0.25) is 5.15 Å². The Morgan fingerprint density at radius 1 is 1.19 bits per heavy atom. The van der Waals surface area contributed by atoms with Crippen LogP contribution in [0.3, 0.4) is 0 Å². The van der Waals surface area contributed by atoms with Crippen LogP contribution >= 0.6 is 34.7 Å². The average molecular weight is 345 g/mol. The molecule has 3 aromatic rings. The molecule has 0 atom stereocenters. The summed E-state index contributed by atoms with van der Waals surface area (Å²) in [7, 11) is 0. The highest BCUT2D eigenvalue weighted by Gasteiger charge is 2.11. The van der Waals surface area contributed by atoms with Gasteiger partial charge in [0.1, 0.15) is 4.70 Å². The number of nitrogen functional groups attached to an aromatic ring is 1. The number of nitrogens with zero attached hydrogens (tertiary/aromatic N) is 3. The lowest BCUT2D eigenvalue weighted by molar-refractivity contribution is 0.507. The summed E-state index contributed by atoms with van der Waals surface area (Å²) in [5, 5.41) is 1.05. The molecule has 0 aliphatic heterocycles. The molecule has 2 aromatic heterocycles. The van der Waals surface area contributed by atoms with Crippen LogP contribution in [0.25, 0.3) is 10.3 Å². The lowest BCUT2D eigenvalue weighted by Gasteiger charge is -2.02. The van der Waals surface area contributed by atoms with Crippen molar-refractivity contribution < 1.29 is 8.78 Å². The molecule has 0 aliphatic rings. The molecule has 1 aromatic carbocycles. The fourth-order valence-electron chi connectivity index (χ4n) is 1.63. The Bertz CT molecular complexity index is 824. The highest BCUT2D eigenvalue weighted by Crippen LogP contribution is 2.31. The van der Waals surface area contributed by atoms with Gasteiger partial charge in [-0.25, -0.2) is 23.7 Å². The molecular weight excluding hydrogens is 338 g/mol. The van der Waals surface area contributed by atoms with Crippen LogP contribution in [0, 0.1) is 11.6 Å². The smallest absolute Gasteiger partial charge is 0.191 e. The van der Waals surface area contributed by atoms with Crippen LogP contribution in [-0.2, 0) is 5.75 Å². The maximum absolute atomic E-state index is 13.1. The van der Waals surface area contributed by atoms with Crippen LogP contribution in [0.15, 0.2) is 23.4 Å². The zero-order valence-corrected chi connectivity index (χ0v) is 12.7. The van der Waals surface area contributed by atoms with E-state index in [1.54, 1.807) is 0 Å². The number of thiazole rings is 1. The Balaban J connectivity index is 1.82. The van der Waals surface area contributed by atoms with Gasteiger partial charge in [-0.1, -0.05) is 40.8 Å². The lowest BCUT2D eigenvalue weighted by atomic mass is 10.2. The van der Waals surface area contributed by atoms with Gasteiger partial charge in [0.2, 0.25) is 0 Å². The number of hydrogen-bond acceptors (Lipinski definition) is 6. The third kappa shape index (κ3) is 3.07. The first kappa shape index (κ1) is 14.4. The molecule has 21 heavy (non-hydrogen) atoms. The van der Waals surface area contributed by atoms with Crippen molar-refractivity contribution in [2.75, 3.05) is 5.73 Å². The summed E-state index contributed by atoms with van der Waals surface area (Å²) < 4.78 is 26.6. The van der Waals surface area contributed by atoms with Crippen molar-refractivity contribution in [2.24, 2.45) is 0 Å². The summed E-state index contributed by atoms with van der Waals surface area (Å²) in [6.45, 7) is 0. The molecule has 0 radical (unpaired) electrons. The fraction of sp³-hybridized carbons (Fsp3) is 0.0833. The second kappa shape index (κ2) is 5.70. The number of aromatic nitrogens is 3. The zero-order chi connectivity index (χ0) is 15.0. The second-order valence-corrected chi connectivity index (χ2v) is 6.37. The van der Waals surface area contributed by atoms with Gasteiger partial charge in [-0.15, -0.1) is 0 Å². The van der Waals surface area contributed by atoms with Crippen molar-refractivity contribution in [3.05, 3.63) is 40.6 Å². The van der Waals surface area contributed by atoms with Gasteiger partial charge in [-0.05, 0) is 17.7 Å². The monoisotopic (exact) mass is 344 g/mol. The first-order valence-corrected chi connectivity index (χ1v) is 7.87. The molecule has 0 fully saturated rings. The van der Waals surface area contributed by atoms with E-state index in [2.05, 4.69) is 15.0 Å². The number of nitrogens with two attached hydrogens (primary N) is 1. The fourth-order valence-corrected chi connectivity index (χ4v) is 3.40. The predicted octanol–water partition coefficient (Wildman–Crippen LogP) is 3.89. The van der Waals surface area contributed by atoms with Crippen molar-refractivity contribution in [1.29, 1.82) is 0 Å². The number of hydrogen-bond donors (Lipinski definition) is 1. The van der Waals surface area contributed by atoms with Gasteiger partial charge in [0, 0.05) is 5.75 Å². The topological polar surface area (TPSA) is 64.7 Å². The van der Waals surface area contributed by atoms with Crippen molar-refractivity contribution in [2.45, 2.75) is 10.9 Å². The minimum absolute atomic E-state index is 0.280. The van der Waals surface area contributed by atoms with Crippen molar-refractivity contribution in [3.8, 4) is 0 Å². The maximum atomic E-state index is 13.1. The molecule has 2 N–H and O–H groups in total. The molecule has 3 rings (SSSR count). The Morgan fingerprint density at radius 3 is 2.76 bits per heavy atom. The van der Waals surface area contributed by atoms with Gasteiger partial charge in [0.15, 0.2) is 32.7 Å². The van der Waals surface area contributed by atoms with Crippen LogP contribution in [-0.4, -0.2) is 15.0 Å². The molecule has 0 saturated heterocycles. The highest BCUT2D eigenvalue weighted by atomic mass is 35.5. The molecule has 0 spiro atoms. The number of fused-ring (bicyclic) bond motifs is 1. The molecular formula is C12H7ClF2N4S2. The molecule has 2 heterocycles. The summed E-state index contributed by atoms with van der Waals surface area (Å²) in [4.78, 5) is 12.4. The Morgan fingerprint density at radius 2 is 2.00 bits per heavy atom. The van der Waals surface area contributed by atoms with Crippen LogP contribution in [0.5, 0.6) is 0 Å². The molecule has 9 heteroatoms. The molecule has 108 valence electrons. The third-order valence-corrected chi connectivity index (χ3v) is 4.74. The molecule has 0 aliphatic carbocycles. The van der Waals surface area contributed by atoms with Gasteiger partial charge in [0.25, 0.3) is 0 Å². The largest absolute Gasteiger partial charge is 0.375 e. The van der Waals surface area contributed by atoms with Gasteiger partial charge in [-0.3, -0.25) is 0 Å². The van der Waals surface area contributed by atoms with Crippen LogP contribution in [0.4, 0.5) is 13.9 Å². The van der Waals surface area contributed by atoms with E-state index in [1.165, 1.54) is 29.2 Å². The average Bonchev–Trinajstić information content (AvgIpc) is 2.81. The molecule has 0 bridgehead atoms. The van der Waals surface area contributed by atoms with E-state index in [4.69, 9.17) is 17.3 Å². The van der Waals surface area contributed by atoms with Crippen molar-refractivity contribution in [1.82, 2.24) is 15.0 Å². The number of thioether (sulfide) groups is 1. The SMILES string of the molecule is Nc1nc2nc(SCc3ccc(F)c(F)c3)nc(Cl)c2s1. The molecule has 0 amide bonds. The van der Waals surface area contributed by atoms with Crippen molar-refractivity contribution in [3.63, 3.8) is 0 Å². The summed E-state index contributed by atoms with van der Waals surface area (Å²) in [6, 6.07) is 3.74. The normalized spacial score (nSPS) is 11.2. The Hall–Kier alpha value is -1.51. The number of benzene rings is 1. The standard InChI is InChI=1S/C12H7ClF2N4S2/c13-9-8-10(18-11(16)21-8)19-12(17-9)20-4-5-1-2-6(14)7(15)3-5/h1-3H,4H2,(H2,16,17,18,19). The minimum Gasteiger partial charge on any atom is -0.375 e. The summed E-state index contributed by atoms with van der Waals surface area (Å²) in [6.07, 6.45) is 0. The summed E-state index contributed by atoms with van der Waals surface area (Å²) in [5.74, 6) is -1.37. The molecule has 0 saturated carbocycles. The van der Waals surface area contributed by atoms with Crippen LogP contribution in [0.1, 0.15) is 5.56 Å². The predicted molar refractivity (Wildman–Crippen MR) is 80.6 cm³/mol. The van der Waals surface area contributed by atoms with E-state index in [-0.39, 0.29) is 5.15 Å². The lowest BCUT2D eigenvalue weighted by Crippen LogP contribution is -1.91. The van der Waals surface area contributed by atoms with Crippen molar-refractivity contribution >= 4 is 50.2 Å². The van der Waals surface area contributed by atoms with E-state index in [1.807, 2.05) is 0 Å². The summed E-state index contributed by atoms with van der Waals surface area (Å²) >= 11 is 8.51. The Labute approximate surface area is 131 Å². The number of halogens is 3. The first-order valence-electron chi connectivity index (χ1n) is 5.69. The summed E-state index contributed by atoms with van der Waals surface area (Å²) in [5.41, 5.74) is 6.66. The van der Waals surface area contributed by atoms with E-state index >= 15 is 0 Å². The van der Waals surface area contributed by atoms with E-state index < -0.39 is 11.6 Å². The van der Waals surface area contributed by atoms with Crippen LogP contribution < -0.4 is 5.73 Å². The highest BCUT2D eigenvalue weighted by molar-refractivity contribution is 7.98. The second-order valence-electron chi connectivity index (χ2n) is 4.04. The number of rotatable bonds is 3. The molecule has 0 unspecified atom stereocenters. The maximum Gasteiger partial charge on any atom is 0.191 e. The van der Waals surface area contributed by atoms with E-state index in [0.717, 1.165) is 12.1 Å². The van der Waals surface area contributed by atoms with E-state index in [0.29, 0.717) is 32.0 Å². The van der Waals surface area contributed by atoms with Gasteiger partial charge < -0.3 is 5.73 Å². The minimum atomic E-state index is -0.880. The van der Waals surface area contributed by atoms with Gasteiger partial charge in [-0.2, -0.15) is 0 Å². The van der Waals surface area contributed by atoms with Gasteiger partial charge in [0.05, 0.1) is 0 Å². The zero-order valence-electron chi connectivity index (χ0n) is 10.3. The Kier molecular flexibility index (Phi) is 3.92. The molecule has 4 nitrogen and oxygen atoms in total. The number of anilines is 1. The quantitative estimate of drug-likeness (QED) is 0.443. The van der Waals surface area contributed by atoms with E-state index in [9.17, 15) is 8.78 Å². The first-order chi connectivity index (χ1) is 10.0. The third-order valence-electron chi connectivity index (χ3n) is 2.56.